The number of hydrogen-bond acceptors (Lipinski definition) is 3. The third-order valence-corrected chi connectivity index (χ3v) is 4.02. The minimum atomic E-state index is -0.939. The lowest BCUT2D eigenvalue weighted by molar-refractivity contribution is 0.0697. The van der Waals surface area contributed by atoms with E-state index in [4.69, 9.17) is 21.1 Å². The molecule has 3 aromatic rings. The minimum Gasteiger partial charge on any atom is -0.478 e. The van der Waals surface area contributed by atoms with E-state index in [1.54, 1.807) is 24.3 Å². The van der Waals surface area contributed by atoms with Crippen molar-refractivity contribution in [3.8, 4) is 11.3 Å². The molecular formula is C19H16ClNO3. The highest BCUT2D eigenvalue weighted by molar-refractivity contribution is 6.31. The van der Waals surface area contributed by atoms with Crippen LogP contribution in [0.5, 0.6) is 0 Å². The first-order valence-corrected chi connectivity index (χ1v) is 7.88. The van der Waals surface area contributed by atoms with Gasteiger partial charge in [0.25, 0.3) is 0 Å². The third-order valence-electron chi connectivity index (χ3n) is 3.65. The van der Waals surface area contributed by atoms with Gasteiger partial charge >= 0.3 is 5.97 Å². The molecule has 5 heteroatoms. The molecule has 0 atom stereocenters. The van der Waals surface area contributed by atoms with Gasteiger partial charge in [0.2, 0.25) is 0 Å². The molecule has 122 valence electrons. The van der Waals surface area contributed by atoms with Crippen molar-refractivity contribution >= 4 is 17.6 Å². The number of halogens is 1. The molecule has 0 aliphatic heterocycles. The molecule has 0 aliphatic rings. The zero-order valence-electron chi connectivity index (χ0n) is 12.8. The maximum absolute atomic E-state index is 10.9. The first kappa shape index (κ1) is 16.3. The van der Waals surface area contributed by atoms with Crippen LogP contribution in [0.1, 0.15) is 21.7 Å². The second kappa shape index (κ2) is 7.34. The van der Waals surface area contributed by atoms with Crippen LogP contribution < -0.4 is 5.32 Å². The van der Waals surface area contributed by atoms with E-state index in [9.17, 15) is 4.79 Å². The third kappa shape index (κ3) is 3.85. The smallest absolute Gasteiger partial charge is 0.335 e. The lowest BCUT2D eigenvalue weighted by atomic mass is 10.1. The average Bonchev–Trinajstić information content (AvgIpc) is 3.05. The van der Waals surface area contributed by atoms with Gasteiger partial charge in [-0.15, -0.1) is 0 Å². The molecule has 2 N–H and O–H groups in total. The van der Waals surface area contributed by atoms with Crippen LogP contribution in [-0.4, -0.2) is 11.1 Å². The largest absolute Gasteiger partial charge is 0.478 e. The molecule has 2 aromatic carbocycles. The summed E-state index contributed by atoms with van der Waals surface area (Å²) in [4.78, 5) is 10.9. The Kier molecular flexibility index (Phi) is 4.99. The molecule has 1 aromatic heterocycles. The van der Waals surface area contributed by atoms with Gasteiger partial charge in [-0.1, -0.05) is 41.9 Å². The van der Waals surface area contributed by atoms with Crippen molar-refractivity contribution in [2.45, 2.75) is 13.1 Å². The van der Waals surface area contributed by atoms with Crippen molar-refractivity contribution in [1.82, 2.24) is 5.32 Å². The molecule has 0 saturated heterocycles. The number of aromatic carboxylic acids is 1. The van der Waals surface area contributed by atoms with Crippen molar-refractivity contribution in [2.24, 2.45) is 0 Å². The van der Waals surface area contributed by atoms with Gasteiger partial charge in [-0.2, -0.15) is 0 Å². The Morgan fingerprint density at radius 2 is 1.75 bits per heavy atom. The molecule has 0 bridgehead atoms. The SMILES string of the molecule is O=C(O)c1ccc(-c2ccc(CNCc3ccccc3Cl)o2)cc1. The molecule has 0 spiro atoms. The fourth-order valence-electron chi connectivity index (χ4n) is 2.37. The van der Waals surface area contributed by atoms with E-state index in [1.807, 2.05) is 36.4 Å². The highest BCUT2D eigenvalue weighted by Crippen LogP contribution is 2.23. The Balaban J connectivity index is 1.61. The zero-order chi connectivity index (χ0) is 16.9. The topological polar surface area (TPSA) is 62.5 Å². The van der Waals surface area contributed by atoms with Crippen LogP contribution in [0.3, 0.4) is 0 Å². The summed E-state index contributed by atoms with van der Waals surface area (Å²) < 4.78 is 5.80. The van der Waals surface area contributed by atoms with Gasteiger partial charge in [-0.25, -0.2) is 4.79 Å². The summed E-state index contributed by atoms with van der Waals surface area (Å²) in [5, 5.41) is 13.0. The fraction of sp³-hybridized carbons (Fsp3) is 0.105. The highest BCUT2D eigenvalue weighted by Gasteiger charge is 2.07. The fourth-order valence-corrected chi connectivity index (χ4v) is 2.57. The molecular weight excluding hydrogens is 326 g/mol. The van der Waals surface area contributed by atoms with Crippen LogP contribution in [0, 0.1) is 0 Å². The van der Waals surface area contributed by atoms with Crippen molar-refractivity contribution in [3.05, 3.63) is 82.6 Å². The predicted molar refractivity (Wildman–Crippen MR) is 93.1 cm³/mol. The summed E-state index contributed by atoms with van der Waals surface area (Å²) in [7, 11) is 0. The van der Waals surface area contributed by atoms with E-state index in [-0.39, 0.29) is 5.56 Å². The van der Waals surface area contributed by atoms with Gasteiger partial charge < -0.3 is 14.8 Å². The Bertz CT molecular complexity index is 840. The molecule has 4 nitrogen and oxygen atoms in total. The first-order valence-electron chi connectivity index (χ1n) is 7.50. The van der Waals surface area contributed by atoms with Crippen LogP contribution in [0.25, 0.3) is 11.3 Å². The predicted octanol–water partition coefficient (Wildman–Crippen LogP) is 4.59. The number of carboxylic acids is 1. The van der Waals surface area contributed by atoms with E-state index in [1.165, 1.54) is 0 Å². The van der Waals surface area contributed by atoms with Gasteiger partial charge in [0.1, 0.15) is 11.5 Å². The molecule has 0 fully saturated rings. The number of hydrogen-bond donors (Lipinski definition) is 2. The Hall–Kier alpha value is -2.56. The number of furan rings is 1. The molecule has 0 amide bonds. The van der Waals surface area contributed by atoms with Gasteiger partial charge in [0, 0.05) is 17.1 Å². The van der Waals surface area contributed by atoms with E-state index < -0.39 is 5.97 Å². The minimum absolute atomic E-state index is 0.256. The van der Waals surface area contributed by atoms with E-state index in [0.717, 1.165) is 21.9 Å². The maximum atomic E-state index is 10.9. The summed E-state index contributed by atoms with van der Waals surface area (Å²) in [6.45, 7) is 1.24. The summed E-state index contributed by atoms with van der Waals surface area (Å²) in [5.74, 6) is 0.575. The quantitative estimate of drug-likeness (QED) is 0.688. The number of benzene rings is 2. The van der Waals surface area contributed by atoms with Gasteiger partial charge in [-0.3, -0.25) is 0 Å². The summed E-state index contributed by atoms with van der Waals surface area (Å²) in [5.41, 5.74) is 2.14. The molecule has 0 unspecified atom stereocenters. The van der Waals surface area contributed by atoms with Gasteiger partial charge in [0.05, 0.1) is 12.1 Å². The highest BCUT2D eigenvalue weighted by atomic mass is 35.5. The van der Waals surface area contributed by atoms with Crippen LogP contribution >= 0.6 is 11.6 Å². The van der Waals surface area contributed by atoms with Crippen LogP contribution in [0.4, 0.5) is 0 Å². The Morgan fingerprint density at radius 1 is 1.00 bits per heavy atom. The first-order chi connectivity index (χ1) is 11.6. The summed E-state index contributed by atoms with van der Waals surface area (Å²) in [6.07, 6.45) is 0. The Labute approximate surface area is 144 Å². The average molecular weight is 342 g/mol. The van der Waals surface area contributed by atoms with Crippen molar-refractivity contribution in [3.63, 3.8) is 0 Å². The van der Waals surface area contributed by atoms with Crippen LogP contribution in [-0.2, 0) is 13.1 Å². The summed E-state index contributed by atoms with van der Waals surface area (Å²) in [6, 6.07) is 18.1. The van der Waals surface area contributed by atoms with Gasteiger partial charge in [0.15, 0.2) is 0 Å². The molecule has 3 rings (SSSR count). The Morgan fingerprint density at radius 3 is 2.46 bits per heavy atom. The number of carboxylic acid groups (broad SMARTS) is 1. The van der Waals surface area contributed by atoms with Crippen LogP contribution in [0.15, 0.2) is 65.1 Å². The lowest BCUT2D eigenvalue weighted by Crippen LogP contribution is -2.12. The lowest BCUT2D eigenvalue weighted by Gasteiger charge is -2.05. The zero-order valence-corrected chi connectivity index (χ0v) is 13.6. The molecule has 0 aliphatic carbocycles. The standard InChI is InChI=1S/C19H16ClNO3/c20-17-4-2-1-3-15(17)11-21-12-16-9-10-18(24-16)13-5-7-14(8-6-13)19(22)23/h1-10,21H,11-12H2,(H,22,23). The maximum Gasteiger partial charge on any atom is 0.335 e. The normalized spacial score (nSPS) is 10.7. The van der Waals surface area contributed by atoms with E-state index in [0.29, 0.717) is 18.8 Å². The number of carbonyl (C=O) groups is 1. The molecule has 0 radical (unpaired) electrons. The van der Waals surface area contributed by atoms with Crippen molar-refractivity contribution < 1.29 is 14.3 Å². The second-order valence-corrected chi connectivity index (χ2v) is 5.75. The van der Waals surface area contributed by atoms with Crippen LogP contribution in [0.2, 0.25) is 5.02 Å². The monoisotopic (exact) mass is 341 g/mol. The molecule has 0 saturated carbocycles. The van der Waals surface area contributed by atoms with Crippen molar-refractivity contribution in [2.75, 3.05) is 0 Å². The van der Waals surface area contributed by atoms with Gasteiger partial charge in [-0.05, 0) is 35.9 Å². The molecule has 1 heterocycles. The summed E-state index contributed by atoms with van der Waals surface area (Å²) >= 11 is 6.12. The number of rotatable bonds is 6. The molecule has 24 heavy (non-hydrogen) atoms. The van der Waals surface area contributed by atoms with E-state index >= 15 is 0 Å². The number of nitrogens with one attached hydrogen (secondary N) is 1. The second-order valence-electron chi connectivity index (χ2n) is 5.34. The van der Waals surface area contributed by atoms with E-state index in [2.05, 4.69) is 5.32 Å². The van der Waals surface area contributed by atoms with Crippen molar-refractivity contribution in [1.29, 1.82) is 0 Å².